The third-order valence-corrected chi connectivity index (χ3v) is 4.75. The van der Waals surface area contributed by atoms with Gasteiger partial charge in [0.2, 0.25) is 0 Å². The van der Waals surface area contributed by atoms with Crippen molar-refractivity contribution in [2.24, 2.45) is 10.8 Å². The SMILES string of the molecule is Cc1cccc(C(=O)OOC(OC(=O)OC(OOC(=O)c2cccc(C)c2)C(C)(C)C)C(C)(C)C)c1. The summed E-state index contributed by atoms with van der Waals surface area (Å²) in [6, 6.07) is 13.5. The maximum absolute atomic E-state index is 12.6. The minimum atomic E-state index is -1.31. The number of carbonyl (C=O) groups is 3. The molecule has 2 atom stereocenters. The lowest BCUT2D eigenvalue weighted by Crippen LogP contribution is -2.39. The second kappa shape index (κ2) is 12.0. The summed E-state index contributed by atoms with van der Waals surface area (Å²) in [5.41, 5.74) is 0.716. The fourth-order valence-electron chi connectivity index (χ4n) is 2.70. The molecule has 196 valence electrons. The molecule has 0 aliphatic heterocycles. The summed E-state index contributed by atoms with van der Waals surface area (Å²) in [6.45, 7) is 14.0. The Morgan fingerprint density at radius 1 is 0.639 bits per heavy atom. The van der Waals surface area contributed by atoms with E-state index in [-0.39, 0.29) is 11.1 Å². The summed E-state index contributed by atoms with van der Waals surface area (Å²) < 4.78 is 10.6. The van der Waals surface area contributed by atoms with Crippen LogP contribution in [0.5, 0.6) is 0 Å². The summed E-state index contributed by atoms with van der Waals surface area (Å²) in [6.07, 6.45) is -3.79. The zero-order valence-electron chi connectivity index (χ0n) is 21.9. The van der Waals surface area contributed by atoms with Gasteiger partial charge in [0.25, 0.3) is 12.6 Å². The molecule has 2 unspecified atom stereocenters. The van der Waals surface area contributed by atoms with Gasteiger partial charge < -0.3 is 9.47 Å². The minimum Gasteiger partial charge on any atom is -0.400 e. The minimum absolute atomic E-state index is 0.279. The van der Waals surface area contributed by atoms with Crippen LogP contribution in [0.25, 0.3) is 0 Å². The zero-order valence-corrected chi connectivity index (χ0v) is 21.9. The van der Waals surface area contributed by atoms with Crippen molar-refractivity contribution in [3.8, 4) is 0 Å². The highest BCUT2D eigenvalue weighted by Crippen LogP contribution is 2.28. The van der Waals surface area contributed by atoms with Crippen molar-refractivity contribution in [1.29, 1.82) is 0 Å². The molecule has 0 aromatic heterocycles. The van der Waals surface area contributed by atoms with Crippen LogP contribution in [0.4, 0.5) is 4.79 Å². The molecular formula is C27H34O9. The van der Waals surface area contributed by atoms with Gasteiger partial charge >= 0.3 is 18.1 Å². The molecule has 0 fully saturated rings. The van der Waals surface area contributed by atoms with Gasteiger partial charge in [-0.15, -0.1) is 9.78 Å². The lowest BCUT2D eigenvalue weighted by molar-refractivity contribution is -0.371. The Balaban J connectivity index is 2.01. The number of ether oxygens (including phenoxy) is 2. The molecule has 0 bridgehead atoms. The zero-order chi connectivity index (χ0) is 27.1. The topological polar surface area (TPSA) is 107 Å². The average Bonchev–Trinajstić information content (AvgIpc) is 2.77. The molecule has 2 aromatic rings. The van der Waals surface area contributed by atoms with E-state index >= 15 is 0 Å². The number of carbonyl (C=O) groups excluding carboxylic acids is 3. The summed E-state index contributed by atoms with van der Waals surface area (Å²) >= 11 is 0. The highest BCUT2D eigenvalue weighted by Gasteiger charge is 2.37. The van der Waals surface area contributed by atoms with Crippen LogP contribution in [0.15, 0.2) is 48.5 Å². The van der Waals surface area contributed by atoms with Gasteiger partial charge in [0.05, 0.1) is 11.1 Å². The van der Waals surface area contributed by atoms with E-state index in [1.54, 1.807) is 77.9 Å². The van der Waals surface area contributed by atoms with Crippen molar-refractivity contribution in [1.82, 2.24) is 0 Å². The van der Waals surface area contributed by atoms with Crippen LogP contribution in [0.1, 0.15) is 73.4 Å². The second-order valence-corrected chi connectivity index (χ2v) is 10.6. The predicted octanol–water partition coefficient (Wildman–Crippen LogP) is 6.08. The normalized spacial score (nSPS) is 13.3. The standard InChI is InChI=1S/C27H34O9/c1-17-11-9-13-19(15-17)21(28)33-35-23(26(3,4)5)31-25(30)32-24(27(6,7)8)36-34-22(29)20-14-10-12-18(2)16-20/h9-16,23-24H,1-8H3. The molecule has 0 aliphatic rings. The summed E-state index contributed by atoms with van der Waals surface area (Å²) in [5, 5.41) is 0. The quantitative estimate of drug-likeness (QED) is 0.184. The lowest BCUT2D eigenvalue weighted by Gasteiger charge is -2.30. The maximum Gasteiger partial charge on any atom is 0.513 e. The number of hydrogen-bond acceptors (Lipinski definition) is 9. The van der Waals surface area contributed by atoms with Crippen LogP contribution >= 0.6 is 0 Å². The van der Waals surface area contributed by atoms with Gasteiger partial charge in [0, 0.05) is 10.8 Å². The molecule has 0 amide bonds. The van der Waals surface area contributed by atoms with Gasteiger partial charge in [-0.1, -0.05) is 76.9 Å². The van der Waals surface area contributed by atoms with Crippen molar-refractivity contribution in [2.75, 3.05) is 0 Å². The third kappa shape index (κ3) is 8.98. The molecule has 2 rings (SSSR count). The van der Waals surface area contributed by atoms with Crippen molar-refractivity contribution in [2.45, 2.75) is 68.0 Å². The van der Waals surface area contributed by atoms with E-state index < -0.39 is 41.5 Å². The van der Waals surface area contributed by atoms with Gasteiger partial charge in [-0.3, -0.25) is 9.78 Å². The number of aryl methyl sites for hydroxylation is 2. The molecule has 9 nitrogen and oxygen atoms in total. The van der Waals surface area contributed by atoms with Crippen LogP contribution in [0, 0.1) is 24.7 Å². The monoisotopic (exact) mass is 502 g/mol. The third-order valence-electron chi connectivity index (χ3n) is 4.75. The molecular weight excluding hydrogens is 468 g/mol. The fraction of sp³-hybridized carbons (Fsp3) is 0.444. The van der Waals surface area contributed by atoms with Crippen LogP contribution < -0.4 is 0 Å². The van der Waals surface area contributed by atoms with Crippen molar-refractivity contribution in [3.05, 3.63) is 70.8 Å². The van der Waals surface area contributed by atoms with Crippen LogP contribution in [0.2, 0.25) is 0 Å². The molecule has 0 saturated heterocycles. The first-order valence-electron chi connectivity index (χ1n) is 11.4. The van der Waals surface area contributed by atoms with Crippen LogP contribution in [-0.4, -0.2) is 30.7 Å². The summed E-state index contributed by atoms with van der Waals surface area (Å²) in [5.74, 6) is -1.49. The highest BCUT2D eigenvalue weighted by atomic mass is 17.2. The molecule has 0 N–H and O–H groups in total. The van der Waals surface area contributed by atoms with Crippen molar-refractivity contribution in [3.63, 3.8) is 0 Å². The molecule has 2 aromatic carbocycles. The van der Waals surface area contributed by atoms with Gasteiger partial charge in [-0.2, -0.15) is 0 Å². The molecule has 9 heteroatoms. The molecule has 0 spiro atoms. The van der Waals surface area contributed by atoms with Crippen molar-refractivity contribution < 1.29 is 43.4 Å². The Labute approximate surface area is 211 Å². The van der Waals surface area contributed by atoms with Gasteiger partial charge in [-0.25, -0.2) is 14.4 Å². The maximum atomic E-state index is 12.6. The Bertz CT molecular complexity index is 980. The van der Waals surface area contributed by atoms with Gasteiger partial charge in [0.1, 0.15) is 0 Å². The smallest absolute Gasteiger partial charge is 0.400 e. The van der Waals surface area contributed by atoms with E-state index in [2.05, 4.69) is 0 Å². The highest BCUT2D eigenvalue weighted by molar-refractivity contribution is 5.89. The fourth-order valence-corrected chi connectivity index (χ4v) is 2.70. The molecule has 0 saturated carbocycles. The first-order chi connectivity index (χ1) is 16.7. The molecule has 36 heavy (non-hydrogen) atoms. The van der Waals surface area contributed by atoms with Gasteiger partial charge in [-0.05, 0) is 38.1 Å². The van der Waals surface area contributed by atoms with Crippen LogP contribution in [0.3, 0.4) is 0 Å². The van der Waals surface area contributed by atoms with E-state index in [0.29, 0.717) is 0 Å². The molecule has 0 radical (unpaired) electrons. The van der Waals surface area contributed by atoms with E-state index in [9.17, 15) is 14.4 Å². The average molecular weight is 503 g/mol. The Kier molecular flexibility index (Phi) is 9.61. The first-order valence-corrected chi connectivity index (χ1v) is 11.4. The number of hydrogen-bond donors (Lipinski definition) is 0. The number of benzene rings is 2. The summed E-state index contributed by atoms with van der Waals surface area (Å²) in [7, 11) is 0. The molecule has 0 aliphatic carbocycles. The van der Waals surface area contributed by atoms with Gasteiger partial charge in [0.15, 0.2) is 0 Å². The Morgan fingerprint density at radius 2 is 1.00 bits per heavy atom. The van der Waals surface area contributed by atoms with E-state index in [0.717, 1.165) is 11.1 Å². The predicted molar refractivity (Wildman–Crippen MR) is 129 cm³/mol. The molecule has 0 heterocycles. The van der Waals surface area contributed by atoms with Crippen molar-refractivity contribution >= 4 is 18.1 Å². The van der Waals surface area contributed by atoms with E-state index in [1.807, 2.05) is 26.0 Å². The Hall–Kier alpha value is -3.43. The summed E-state index contributed by atoms with van der Waals surface area (Å²) in [4.78, 5) is 57.4. The van der Waals surface area contributed by atoms with Crippen LogP contribution in [-0.2, 0) is 29.0 Å². The largest absolute Gasteiger partial charge is 0.513 e. The van der Waals surface area contributed by atoms with E-state index in [4.69, 9.17) is 29.0 Å². The first kappa shape index (κ1) is 28.8. The lowest BCUT2D eigenvalue weighted by atomic mass is 9.96. The number of rotatable bonds is 8. The Morgan fingerprint density at radius 3 is 1.31 bits per heavy atom. The van der Waals surface area contributed by atoms with E-state index in [1.165, 1.54) is 0 Å². The second-order valence-electron chi connectivity index (χ2n) is 10.6.